The SMILES string of the molecule is CCc1nccn1[C@@H]1CCCN(C(=O)Cc2ccc3c(c2)CCO3)C1. The molecule has 0 radical (unpaired) electrons. The molecule has 1 aromatic heterocycles. The zero-order chi connectivity index (χ0) is 17.2. The van der Waals surface area contributed by atoms with Crippen LogP contribution in [0.15, 0.2) is 30.6 Å². The van der Waals surface area contributed by atoms with Crippen molar-refractivity contribution in [3.8, 4) is 5.75 Å². The number of ether oxygens (including phenoxy) is 1. The molecule has 0 unspecified atom stereocenters. The molecule has 0 spiro atoms. The number of carbonyl (C=O) groups excluding carboxylic acids is 1. The van der Waals surface area contributed by atoms with Crippen LogP contribution in [0.1, 0.15) is 42.8 Å². The average molecular weight is 339 g/mol. The predicted octanol–water partition coefficient (Wildman–Crippen LogP) is 2.79. The van der Waals surface area contributed by atoms with Gasteiger partial charge in [-0.1, -0.05) is 19.1 Å². The normalized spacial score (nSPS) is 19.6. The Labute approximate surface area is 148 Å². The number of amides is 1. The van der Waals surface area contributed by atoms with Gasteiger partial charge in [0, 0.05) is 38.3 Å². The van der Waals surface area contributed by atoms with Gasteiger partial charge in [0.15, 0.2) is 0 Å². The maximum absolute atomic E-state index is 12.8. The topological polar surface area (TPSA) is 47.4 Å². The number of fused-ring (bicyclic) bond motifs is 1. The van der Waals surface area contributed by atoms with E-state index in [4.69, 9.17) is 4.74 Å². The Hall–Kier alpha value is -2.30. The maximum Gasteiger partial charge on any atom is 0.227 e. The van der Waals surface area contributed by atoms with Crippen LogP contribution in [0.3, 0.4) is 0 Å². The van der Waals surface area contributed by atoms with E-state index in [0.29, 0.717) is 12.5 Å². The Kier molecular flexibility index (Phi) is 4.47. The van der Waals surface area contributed by atoms with Crippen LogP contribution in [0.4, 0.5) is 0 Å². The number of hydrogen-bond acceptors (Lipinski definition) is 3. The van der Waals surface area contributed by atoms with E-state index >= 15 is 0 Å². The molecule has 132 valence electrons. The van der Waals surface area contributed by atoms with Gasteiger partial charge in [-0.25, -0.2) is 4.98 Å². The van der Waals surface area contributed by atoms with E-state index in [1.165, 1.54) is 5.56 Å². The van der Waals surface area contributed by atoms with Gasteiger partial charge in [-0.2, -0.15) is 0 Å². The number of nitrogens with zero attached hydrogens (tertiary/aromatic N) is 3. The van der Waals surface area contributed by atoms with E-state index in [2.05, 4.69) is 28.7 Å². The number of hydrogen-bond donors (Lipinski definition) is 0. The summed E-state index contributed by atoms with van der Waals surface area (Å²) < 4.78 is 7.80. The van der Waals surface area contributed by atoms with Gasteiger partial charge in [-0.15, -0.1) is 0 Å². The van der Waals surface area contributed by atoms with E-state index in [-0.39, 0.29) is 5.91 Å². The van der Waals surface area contributed by atoms with Crippen LogP contribution in [-0.4, -0.2) is 40.1 Å². The van der Waals surface area contributed by atoms with E-state index in [0.717, 1.165) is 62.5 Å². The van der Waals surface area contributed by atoms with Gasteiger partial charge < -0.3 is 14.2 Å². The van der Waals surface area contributed by atoms with E-state index in [9.17, 15) is 4.79 Å². The van der Waals surface area contributed by atoms with Crippen LogP contribution in [0.25, 0.3) is 0 Å². The lowest BCUT2D eigenvalue weighted by molar-refractivity contribution is -0.132. The van der Waals surface area contributed by atoms with Crippen molar-refractivity contribution in [1.29, 1.82) is 0 Å². The van der Waals surface area contributed by atoms with Crippen molar-refractivity contribution in [1.82, 2.24) is 14.5 Å². The van der Waals surface area contributed by atoms with Crippen molar-refractivity contribution in [2.24, 2.45) is 0 Å². The van der Waals surface area contributed by atoms with Gasteiger partial charge in [-0.05, 0) is 30.0 Å². The Morgan fingerprint density at radius 2 is 2.32 bits per heavy atom. The van der Waals surface area contributed by atoms with Crippen molar-refractivity contribution in [2.75, 3.05) is 19.7 Å². The highest BCUT2D eigenvalue weighted by Gasteiger charge is 2.26. The van der Waals surface area contributed by atoms with Crippen molar-refractivity contribution in [3.05, 3.63) is 47.5 Å². The summed E-state index contributed by atoms with van der Waals surface area (Å²) in [6.45, 7) is 4.53. The lowest BCUT2D eigenvalue weighted by atomic mass is 10.0. The largest absolute Gasteiger partial charge is 0.493 e. The molecule has 1 aromatic carbocycles. The summed E-state index contributed by atoms with van der Waals surface area (Å²) >= 11 is 0. The molecule has 4 rings (SSSR count). The van der Waals surface area contributed by atoms with E-state index in [1.54, 1.807) is 0 Å². The number of aryl methyl sites for hydroxylation is 1. The molecule has 5 nitrogen and oxygen atoms in total. The molecule has 5 heteroatoms. The summed E-state index contributed by atoms with van der Waals surface area (Å²) in [5.41, 5.74) is 2.32. The summed E-state index contributed by atoms with van der Waals surface area (Å²) in [6.07, 6.45) is 8.44. The van der Waals surface area contributed by atoms with Crippen LogP contribution in [0.5, 0.6) is 5.75 Å². The fourth-order valence-corrected chi connectivity index (χ4v) is 3.99. The highest BCUT2D eigenvalue weighted by atomic mass is 16.5. The Balaban J connectivity index is 1.43. The van der Waals surface area contributed by atoms with Gasteiger partial charge >= 0.3 is 0 Å². The molecular formula is C20H25N3O2. The van der Waals surface area contributed by atoms with Crippen LogP contribution < -0.4 is 4.74 Å². The molecule has 2 aliphatic heterocycles. The van der Waals surface area contributed by atoms with Gasteiger partial charge in [-0.3, -0.25) is 4.79 Å². The number of imidazole rings is 1. The van der Waals surface area contributed by atoms with Crippen molar-refractivity contribution in [2.45, 2.75) is 45.1 Å². The lowest BCUT2D eigenvalue weighted by Gasteiger charge is -2.34. The van der Waals surface area contributed by atoms with E-state index in [1.807, 2.05) is 23.2 Å². The first kappa shape index (κ1) is 16.2. The monoisotopic (exact) mass is 339 g/mol. The summed E-state index contributed by atoms with van der Waals surface area (Å²) in [5.74, 6) is 2.31. The van der Waals surface area contributed by atoms with E-state index < -0.39 is 0 Å². The molecule has 0 aliphatic carbocycles. The second kappa shape index (κ2) is 6.90. The van der Waals surface area contributed by atoms with Crippen molar-refractivity contribution >= 4 is 5.91 Å². The first-order valence-corrected chi connectivity index (χ1v) is 9.28. The standard InChI is InChI=1S/C20H25N3O2/c1-2-19-21-8-10-23(19)17-4-3-9-22(14-17)20(24)13-15-5-6-18-16(12-15)7-11-25-18/h5-6,8,10,12,17H,2-4,7,9,11,13-14H2,1H3/t17-/m1/s1. The summed E-state index contributed by atoms with van der Waals surface area (Å²) in [6, 6.07) is 6.51. The molecule has 25 heavy (non-hydrogen) atoms. The highest BCUT2D eigenvalue weighted by Crippen LogP contribution is 2.27. The highest BCUT2D eigenvalue weighted by molar-refractivity contribution is 5.79. The second-order valence-corrected chi connectivity index (χ2v) is 6.96. The summed E-state index contributed by atoms with van der Waals surface area (Å²) in [4.78, 5) is 19.3. The minimum atomic E-state index is 0.224. The summed E-state index contributed by atoms with van der Waals surface area (Å²) in [5, 5.41) is 0. The third kappa shape index (κ3) is 3.28. The van der Waals surface area contributed by atoms with Gasteiger partial charge in [0.1, 0.15) is 11.6 Å². The first-order chi connectivity index (χ1) is 12.2. The molecule has 2 aromatic rings. The zero-order valence-corrected chi connectivity index (χ0v) is 14.8. The Morgan fingerprint density at radius 1 is 1.40 bits per heavy atom. The Morgan fingerprint density at radius 3 is 3.20 bits per heavy atom. The molecule has 0 N–H and O–H groups in total. The molecule has 1 amide bonds. The molecular weight excluding hydrogens is 314 g/mol. The first-order valence-electron chi connectivity index (χ1n) is 9.28. The zero-order valence-electron chi connectivity index (χ0n) is 14.8. The van der Waals surface area contributed by atoms with Crippen LogP contribution in [0.2, 0.25) is 0 Å². The third-order valence-electron chi connectivity index (χ3n) is 5.32. The molecule has 0 bridgehead atoms. The molecule has 1 fully saturated rings. The molecule has 1 saturated heterocycles. The quantitative estimate of drug-likeness (QED) is 0.860. The number of carbonyl (C=O) groups is 1. The number of rotatable bonds is 4. The average Bonchev–Trinajstić information content (AvgIpc) is 3.30. The van der Waals surface area contributed by atoms with Crippen molar-refractivity contribution < 1.29 is 9.53 Å². The number of aromatic nitrogens is 2. The fraction of sp³-hybridized carbons (Fsp3) is 0.500. The minimum absolute atomic E-state index is 0.224. The van der Waals surface area contributed by atoms with Gasteiger partial charge in [0.25, 0.3) is 0 Å². The minimum Gasteiger partial charge on any atom is -0.493 e. The molecule has 2 aliphatic rings. The van der Waals surface area contributed by atoms with Gasteiger partial charge in [0.2, 0.25) is 5.91 Å². The number of piperidine rings is 1. The molecule has 1 atom stereocenters. The number of benzene rings is 1. The second-order valence-electron chi connectivity index (χ2n) is 6.96. The molecule has 0 saturated carbocycles. The summed E-state index contributed by atoms with van der Waals surface area (Å²) in [7, 11) is 0. The third-order valence-corrected chi connectivity index (χ3v) is 5.32. The van der Waals surface area contributed by atoms with Gasteiger partial charge in [0.05, 0.1) is 19.1 Å². The fourth-order valence-electron chi connectivity index (χ4n) is 3.99. The maximum atomic E-state index is 12.8. The van der Waals surface area contributed by atoms with Crippen molar-refractivity contribution in [3.63, 3.8) is 0 Å². The smallest absolute Gasteiger partial charge is 0.227 e. The van der Waals surface area contributed by atoms with Crippen LogP contribution >= 0.6 is 0 Å². The molecule has 3 heterocycles. The van der Waals surface area contributed by atoms with Crippen LogP contribution in [0, 0.1) is 0 Å². The lowest BCUT2D eigenvalue weighted by Crippen LogP contribution is -2.41. The van der Waals surface area contributed by atoms with Crippen LogP contribution in [-0.2, 0) is 24.1 Å². The Bertz CT molecular complexity index is 768. The predicted molar refractivity (Wildman–Crippen MR) is 95.8 cm³/mol. The number of likely N-dealkylation sites (tertiary alicyclic amines) is 1.